The molecule has 0 saturated carbocycles. The minimum Gasteiger partial charge on any atom is -0.497 e. The molecule has 5 heteroatoms. The first-order valence-corrected chi connectivity index (χ1v) is 9.71. The molecule has 0 fully saturated rings. The Hall–Kier alpha value is -2.82. The van der Waals surface area contributed by atoms with Crippen molar-refractivity contribution in [3.05, 3.63) is 65.7 Å². The quantitative estimate of drug-likeness (QED) is 0.721. The molecule has 0 aliphatic rings. The lowest BCUT2D eigenvalue weighted by atomic mass is 10.0. The van der Waals surface area contributed by atoms with Gasteiger partial charge in [0, 0.05) is 25.4 Å². The van der Waals surface area contributed by atoms with E-state index in [9.17, 15) is 9.59 Å². The minimum atomic E-state index is -0.580. The highest BCUT2D eigenvalue weighted by Gasteiger charge is 2.29. The van der Waals surface area contributed by atoms with Gasteiger partial charge in [-0.2, -0.15) is 0 Å². The number of ether oxygens (including phenoxy) is 1. The molecule has 2 aromatic carbocycles. The first-order chi connectivity index (χ1) is 13.4. The maximum atomic E-state index is 13.0. The Morgan fingerprint density at radius 2 is 1.71 bits per heavy atom. The molecule has 0 unspecified atom stereocenters. The van der Waals surface area contributed by atoms with Crippen LogP contribution in [0.2, 0.25) is 0 Å². The summed E-state index contributed by atoms with van der Waals surface area (Å²) in [6.07, 6.45) is 0.805. The van der Waals surface area contributed by atoms with E-state index in [1.165, 1.54) is 0 Å². The maximum absolute atomic E-state index is 13.0. The molecule has 150 valence electrons. The van der Waals surface area contributed by atoms with Gasteiger partial charge < -0.3 is 15.0 Å². The molecule has 0 spiro atoms. The van der Waals surface area contributed by atoms with Gasteiger partial charge >= 0.3 is 0 Å². The molecule has 0 saturated heterocycles. The Balaban J connectivity index is 2.36. The van der Waals surface area contributed by atoms with Gasteiger partial charge in [0.2, 0.25) is 11.8 Å². The van der Waals surface area contributed by atoms with Crippen LogP contribution in [0.4, 0.5) is 0 Å². The van der Waals surface area contributed by atoms with E-state index < -0.39 is 6.04 Å². The smallest absolute Gasteiger partial charge is 0.243 e. The predicted octanol–water partition coefficient (Wildman–Crippen LogP) is 3.57. The lowest BCUT2D eigenvalue weighted by Crippen LogP contribution is -2.51. The number of methoxy groups -OCH3 is 1. The summed E-state index contributed by atoms with van der Waals surface area (Å²) in [4.78, 5) is 27.5. The van der Waals surface area contributed by atoms with Crippen LogP contribution in [0, 0.1) is 0 Å². The van der Waals surface area contributed by atoms with Gasteiger partial charge in [0.1, 0.15) is 11.8 Å². The second-order valence-electron chi connectivity index (χ2n) is 7.10. The van der Waals surface area contributed by atoms with Gasteiger partial charge in [-0.3, -0.25) is 9.59 Å². The van der Waals surface area contributed by atoms with Gasteiger partial charge in [-0.25, -0.2) is 0 Å². The SMILES string of the molecule is CCC(=O)N(Cc1cccc(OC)c1)[C@H](Cc1ccccc1)C(=O)NC(C)C. The number of benzene rings is 2. The van der Waals surface area contributed by atoms with Crippen LogP contribution in [0.1, 0.15) is 38.3 Å². The first-order valence-electron chi connectivity index (χ1n) is 9.71. The highest BCUT2D eigenvalue weighted by molar-refractivity contribution is 5.88. The van der Waals surface area contributed by atoms with Crippen LogP contribution < -0.4 is 10.1 Å². The molecular formula is C23H30N2O3. The summed E-state index contributed by atoms with van der Waals surface area (Å²) in [5, 5.41) is 2.97. The summed E-state index contributed by atoms with van der Waals surface area (Å²) in [5.41, 5.74) is 1.95. The van der Waals surface area contributed by atoms with Crippen molar-refractivity contribution in [1.82, 2.24) is 10.2 Å². The van der Waals surface area contributed by atoms with Crippen molar-refractivity contribution in [1.29, 1.82) is 0 Å². The summed E-state index contributed by atoms with van der Waals surface area (Å²) in [7, 11) is 1.61. The fourth-order valence-electron chi connectivity index (χ4n) is 3.11. The number of hydrogen-bond donors (Lipinski definition) is 1. The van der Waals surface area contributed by atoms with Crippen molar-refractivity contribution >= 4 is 11.8 Å². The zero-order valence-corrected chi connectivity index (χ0v) is 17.1. The van der Waals surface area contributed by atoms with Crippen molar-refractivity contribution in [2.24, 2.45) is 0 Å². The number of carbonyl (C=O) groups is 2. The Morgan fingerprint density at radius 1 is 1.04 bits per heavy atom. The van der Waals surface area contributed by atoms with Crippen molar-refractivity contribution in [3.8, 4) is 5.75 Å². The van der Waals surface area contributed by atoms with Gasteiger partial charge in [0.05, 0.1) is 7.11 Å². The Labute approximate surface area is 167 Å². The zero-order valence-electron chi connectivity index (χ0n) is 17.1. The number of nitrogens with zero attached hydrogens (tertiary/aromatic N) is 1. The van der Waals surface area contributed by atoms with E-state index in [0.717, 1.165) is 16.9 Å². The van der Waals surface area contributed by atoms with E-state index in [4.69, 9.17) is 4.74 Å². The molecule has 0 radical (unpaired) electrons. The summed E-state index contributed by atoms with van der Waals surface area (Å²) in [5.74, 6) is 0.541. The summed E-state index contributed by atoms with van der Waals surface area (Å²) in [6, 6.07) is 16.8. The van der Waals surface area contributed by atoms with Gasteiger partial charge in [-0.1, -0.05) is 49.4 Å². The fraction of sp³-hybridized carbons (Fsp3) is 0.391. The number of nitrogens with one attached hydrogen (secondary N) is 1. The molecule has 5 nitrogen and oxygen atoms in total. The van der Waals surface area contributed by atoms with E-state index in [1.54, 1.807) is 12.0 Å². The molecule has 2 rings (SSSR count). The second kappa shape index (κ2) is 10.5. The summed E-state index contributed by atoms with van der Waals surface area (Å²) >= 11 is 0. The highest BCUT2D eigenvalue weighted by Crippen LogP contribution is 2.19. The van der Waals surface area contributed by atoms with Crippen LogP contribution in [0.5, 0.6) is 5.75 Å². The fourth-order valence-corrected chi connectivity index (χ4v) is 3.11. The van der Waals surface area contributed by atoms with Crippen LogP contribution in [0.25, 0.3) is 0 Å². The average Bonchev–Trinajstić information content (AvgIpc) is 2.70. The number of hydrogen-bond acceptors (Lipinski definition) is 3. The highest BCUT2D eigenvalue weighted by atomic mass is 16.5. The molecule has 0 bridgehead atoms. The third-order valence-electron chi connectivity index (χ3n) is 4.49. The van der Waals surface area contributed by atoms with Crippen LogP contribution in [-0.2, 0) is 22.6 Å². The van der Waals surface area contributed by atoms with E-state index in [-0.39, 0.29) is 17.9 Å². The average molecular weight is 383 g/mol. The van der Waals surface area contributed by atoms with Crippen LogP contribution >= 0.6 is 0 Å². The van der Waals surface area contributed by atoms with Gasteiger partial charge in [0.15, 0.2) is 0 Å². The third-order valence-corrected chi connectivity index (χ3v) is 4.49. The van der Waals surface area contributed by atoms with E-state index >= 15 is 0 Å². The number of carbonyl (C=O) groups excluding carboxylic acids is 2. The lowest BCUT2D eigenvalue weighted by Gasteiger charge is -2.32. The third kappa shape index (κ3) is 6.12. The molecule has 1 atom stereocenters. The topological polar surface area (TPSA) is 58.6 Å². The van der Waals surface area contributed by atoms with E-state index in [0.29, 0.717) is 19.4 Å². The Bertz CT molecular complexity index is 774. The standard InChI is InChI=1S/C23H30N2O3/c1-5-22(26)25(16-19-12-9-13-20(14-19)28-4)21(23(27)24-17(2)3)15-18-10-7-6-8-11-18/h6-14,17,21H,5,15-16H2,1-4H3,(H,24,27)/t21-/m1/s1. The normalized spacial score (nSPS) is 11.8. The summed E-state index contributed by atoms with van der Waals surface area (Å²) in [6.45, 7) is 6.02. The molecule has 0 aliphatic carbocycles. The monoisotopic (exact) mass is 382 g/mol. The molecule has 0 aromatic heterocycles. The van der Waals surface area contributed by atoms with Gasteiger partial charge in [-0.15, -0.1) is 0 Å². The summed E-state index contributed by atoms with van der Waals surface area (Å²) < 4.78 is 5.30. The Kier molecular flexibility index (Phi) is 8.05. The van der Waals surface area contributed by atoms with E-state index in [1.807, 2.05) is 75.4 Å². The number of amides is 2. The molecule has 2 aromatic rings. The molecule has 1 N–H and O–H groups in total. The molecule has 0 heterocycles. The predicted molar refractivity (Wildman–Crippen MR) is 111 cm³/mol. The number of rotatable bonds is 9. The first kappa shape index (κ1) is 21.5. The molecule has 2 amide bonds. The van der Waals surface area contributed by atoms with Gasteiger partial charge in [0.25, 0.3) is 0 Å². The maximum Gasteiger partial charge on any atom is 0.243 e. The van der Waals surface area contributed by atoms with Crippen LogP contribution in [-0.4, -0.2) is 35.9 Å². The van der Waals surface area contributed by atoms with E-state index in [2.05, 4.69) is 5.32 Å². The van der Waals surface area contributed by atoms with Crippen molar-refractivity contribution < 1.29 is 14.3 Å². The van der Waals surface area contributed by atoms with Gasteiger partial charge in [-0.05, 0) is 37.1 Å². The van der Waals surface area contributed by atoms with Crippen molar-refractivity contribution in [2.75, 3.05) is 7.11 Å². The van der Waals surface area contributed by atoms with Crippen molar-refractivity contribution in [3.63, 3.8) is 0 Å². The minimum absolute atomic E-state index is 0.00108. The van der Waals surface area contributed by atoms with Crippen LogP contribution in [0.15, 0.2) is 54.6 Å². The molecular weight excluding hydrogens is 352 g/mol. The lowest BCUT2D eigenvalue weighted by molar-refractivity contribution is -0.141. The molecule has 28 heavy (non-hydrogen) atoms. The second-order valence-corrected chi connectivity index (χ2v) is 7.10. The Morgan fingerprint density at radius 3 is 2.32 bits per heavy atom. The molecule has 0 aliphatic heterocycles. The largest absolute Gasteiger partial charge is 0.497 e. The van der Waals surface area contributed by atoms with Crippen molar-refractivity contribution in [2.45, 2.75) is 52.2 Å². The van der Waals surface area contributed by atoms with Crippen LogP contribution in [0.3, 0.4) is 0 Å². The zero-order chi connectivity index (χ0) is 20.5.